The van der Waals surface area contributed by atoms with Gasteiger partial charge in [-0.05, 0) is 55.2 Å². The van der Waals surface area contributed by atoms with E-state index in [1.54, 1.807) is 24.1 Å². The number of amides is 2. The van der Waals surface area contributed by atoms with Crippen molar-refractivity contribution in [1.82, 2.24) is 10.2 Å². The number of nitrogens with zero attached hydrogens (tertiary/aromatic N) is 1. The minimum Gasteiger partial charge on any atom is -0.497 e. The van der Waals surface area contributed by atoms with Gasteiger partial charge in [0.15, 0.2) is 0 Å². The minimum atomic E-state index is -0.561. The maximum Gasteiger partial charge on any atom is 0.243 e. The van der Waals surface area contributed by atoms with Gasteiger partial charge in [-0.25, -0.2) is 4.39 Å². The molecule has 0 spiro atoms. The zero-order chi connectivity index (χ0) is 23.5. The van der Waals surface area contributed by atoms with Crippen LogP contribution in [0.5, 0.6) is 5.75 Å². The summed E-state index contributed by atoms with van der Waals surface area (Å²) in [6, 6.07) is 13.3. The molecule has 174 valence electrons. The van der Waals surface area contributed by atoms with E-state index in [1.807, 2.05) is 45.0 Å². The summed E-state index contributed by atoms with van der Waals surface area (Å²) in [5.41, 5.74) is 1.85. The standard InChI is InChI=1S/C25H33FN2O3S/c1-5-18(3)27-25(30)23(6-2)28(15-20-8-7-9-22(14-20)31-4)24(29)17-32-16-19-10-12-21(26)13-11-19/h7-14,18,23H,5-6,15-17H2,1-4H3,(H,27,30)/t18-,23-/m1/s1. The second kappa shape index (κ2) is 13.1. The van der Waals surface area contributed by atoms with Gasteiger partial charge in [0.2, 0.25) is 11.8 Å². The van der Waals surface area contributed by atoms with Crippen LogP contribution in [0.1, 0.15) is 44.7 Å². The third-order valence-corrected chi connectivity index (χ3v) is 6.27. The van der Waals surface area contributed by atoms with Crippen LogP contribution in [-0.4, -0.2) is 41.7 Å². The van der Waals surface area contributed by atoms with E-state index >= 15 is 0 Å². The number of rotatable bonds is 12. The third kappa shape index (κ3) is 7.86. The topological polar surface area (TPSA) is 58.6 Å². The molecule has 32 heavy (non-hydrogen) atoms. The summed E-state index contributed by atoms with van der Waals surface area (Å²) < 4.78 is 18.4. The lowest BCUT2D eigenvalue weighted by Gasteiger charge is -2.31. The Labute approximate surface area is 194 Å². The number of benzene rings is 2. The zero-order valence-electron chi connectivity index (χ0n) is 19.3. The molecule has 0 aliphatic carbocycles. The Morgan fingerprint density at radius 2 is 1.81 bits per heavy atom. The number of hydrogen-bond donors (Lipinski definition) is 1. The van der Waals surface area contributed by atoms with Crippen LogP contribution in [-0.2, 0) is 21.9 Å². The van der Waals surface area contributed by atoms with Gasteiger partial charge in [0.1, 0.15) is 17.6 Å². The highest BCUT2D eigenvalue weighted by Gasteiger charge is 2.29. The largest absolute Gasteiger partial charge is 0.497 e. The van der Waals surface area contributed by atoms with E-state index in [0.29, 0.717) is 24.5 Å². The van der Waals surface area contributed by atoms with Crippen LogP contribution in [0.25, 0.3) is 0 Å². The van der Waals surface area contributed by atoms with E-state index < -0.39 is 6.04 Å². The van der Waals surface area contributed by atoms with Gasteiger partial charge in [-0.1, -0.05) is 38.1 Å². The average Bonchev–Trinajstić information content (AvgIpc) is 2.80. The molecule has 0 saturated carbocycles. The van der Waals surface area contributed by atoms with Crippen molar-refractivity contribution >= 4 is 23.6 Å². The molecule has 2 amide bonds. The Morgan fingerprint density at radius 1 is 1.09 bits per heavy atom. The number of ether oxygens (including phenoxy) is 1. The number of carbonyl (C=O) groups is 2. The number of thioether (sulfide) groups is 1. The molecule has 2 aromatic rings. The number of carbonyl (C=O) groups excluding carboxylic acids is 2. The lowest BCUT2D eigenvalue weighted by Crippen LogP contribution is -2.51. The first-order chi connectivity index (χ1) is 15.4. The molecule has 5 nitrogen and oxygen atoms in total. The van der Waals surface area contributed by atoms with E-state index in [1.165, 1.54) is 23.9 Å². The van der Waals surface area contributed by atoms with Crippen molar-refractivity contribution in [2.75, 3.05) is 12.9 Å². The minimum absolute atomic E-state index is 0.0400. The van der Waals surface area contributed by atoms with Gasteiger partial charge in [-0.2, -0.15) is 0 Å². The molecule has 0 bridgehead atoms. The van der Waals surface area contributed by atoms with E-state index in [2.05, 4.69) is 5.32 Å². The van der Waals surface area contributed by atoms with Crippen molar-refractivity contribution in [1.29, 1.82) is 0 Å². The van der Waals surface area contributed by atoms with Crippen molar-refractivity contribution in [2.45, 2.75) is 58.0 Å². The maximum atomic E-state index is 13.2. The quantitative estimate of drug-likeness (QED) is 0.495. The van der Waals surface area contributed by atoms with E-state index in [-0.39, 0.29) is 29.4 Å². The van der Waals surface area contributed by atoms with Crippen molar-refractivity contribution in [3.63, 3.8) is 0 Å². The van der Waals surface area contributed by atoms with E-state index in [4.69, 9.17) is 4.74 Å². The monoisotopic (exact) mass is 460 g/mol. The fourth-order valence-electron chi connectivity index (χ4n) is 3.25. The van der Waals surface area contributed by atoms with Gasteiger partial charge in [0.05, 0.1) is 12.9 Å². The highest BCUT2D eigenvalue weighted by Crippen LogP contribution is 2.20. The second-order valence-corrected chi connectivity index (χ2v) is 8.72. The molecule has 1 N–H and O–H groups in total. The highest BCUT2D eigenvalue weighted by atomic mass is 32.2. The molecule has 0 heterocycles. The summed E-state index contributed by atoms with van der Waals surface area (Å²) >= 11 is 1.45. The van der Waals surface area contributed by atoms with Crippen LogP contribution in [0, 0.1) is 5.82 Å². The first kappa shape index (κ1) is 25.7. The van der Waals surface area contributed by atoms with Crippen molar-refractivity contribution in [3.05, 3.63) is 65.5 Å². The Hall–Kier alpha value is -2.54. The molecule has 0 radical (unpaired) electrons. The number of halogens is 1. The Kier molecular flexibility index (Phi) is 10.5. The van der Waals surface area contributed by atoms with Crippen LogP contribution in [0.15, 0.2) is 48.5 Å². The van der Waals surface area contributed by atoms with Crippen molar-refractivity contribution in [2.24, 2.45) is 0 Å². The molecule has 2 rings (SSSR count). The van der Waals surface area contributed by atoms with Crippen molar-refractivity contribution < 1.29 is 18.7 Å². The van der Waals surface area contributed by atoms with Crippen LogP contribution in [0.3, 0.4) is 0 Å². The summed E-state index contributed by atoms with van der Waals surface area (Å²) in [6.07, 6.45) is 1.33. The number of nitrogens with one attached hydrogen (secondary N) is 1. The van der Waals surface area contributed by atoms with Gasteiger partial charge >= 0.3 is 0 Å². The first-order valence-corrected chi connectivity index (χ1v) is 12.1. The smallest absolute Gasteiger partial charge is 0.243 e. The summed E-state index contributed by atoms with van der Waals surface area (Å²) in [6.45, 7) is 6.20. The fourth-order valence-corrected chi connectivity index (χ4v) is 4.12. The van der Waals surface area contributed by atoms with Gasteiger partial charge in [0, 0.05) is 18.3 Å². The Balaban J connectivity index is 2.15. The second-order valence-electron chi connectivity index (χ2n) is 7.73. The lowest BCUT2D eigenvalue weighted by atomic mass is 10.1. The molecular weight excluding hydrogens is 427 g/mol. The number of hydrogen-bond acceptors (Lipinski definition) is 4. The summed E-state index contributed by atoms with van der Waals surface area (Å²) in [7, 11) is 1.60. The van der Waals surface area contributed by atoms with Gasteiger partial charge in [-0.3, -0.25) is 9.59 Å². The molecule has 0 unspecified atom stereocenters. The SMILES string of the molecule is CC[C@@H](C)NC(=O)[C@@H](CC)N(Cc1cccc(OC)c1)C(=O)CSCc1ccc(F)cc1. The van der Waals surface area contributed by atoms with Crippen molar-refractivity contribution in [3.8, 4) is 5.75 Å². The maximum absolute atomic E-state index is 13.2. The summed E-state index contributed by atoms with van der Waals surface area (Å²) in [5.74, 6) is 1.01. The van der Waals surface area contributed by atoms with Gasteiger partial charge in [0.25, 0.3) is 0 Å². The third-order valence-electron chi connectivity index (χ3n) is 5.28. The van der Waals surface area contributed by atoms with Crippen LogP contribution in [0.4, 0.5) is 4.39 Å². The molecule has 0 fully saturated rings. The molecular formula is C25H33FN2O3S. The predicted octanol–water partition coefficient (Wildman–Crippen LogP) is 4.79. The van der Waals surface area contributed by atoms with Gasteiger partial charge in [-0.15, -0.1) is 11.8 Å². The zero-order valence-corrected chi connectivity index (χ0v) is 20.1. The summed E-state index contributed by atoms with van der Waals surface area (Å²) in [5, 5.41) is 3.01. The molecule has 0 aromatic heterocycles. The molecule has 2 aromatic carbocycles. The highest BCUT2D eigenvalue weighted by molar-refractivity contribution is 7.99. The Bertz CT molecular complexity index is 876. The molecule has 7 heteroatoms. The van der Waals surface area contributed by atoms with E-state index in [0.717, 1.165) is 17.5 Å². The molecule has 0 aliphatic rings. The summed E-state index contributed by atoms with van der Waals surface area (Å²) in [4.78, 5) is 27.9. The fraction of sp³-hybridized carbons (Fsp3) is 0.440. The average molecular weight is 461 g/mol. The van der Waals surface area contributed by atoms with Crippen LogP contribution in [0.2, 0.25) is 0 Å². The predicted molar refractivity (Wildman–Crippen MR) is 128 cm³/mol. The van der Waals surface area contributed by atoms with Crippen LogP contribution >= 0.6 is 11.8 Å². The molecule has 0 saturated heterocycles. The first-order valence-electron chi connectivity index (χ1n) is 10.9. The Morgan fingerprint density at radius 3 is 2.44 bits per heavy atom. The normalized spacial score (nSPS) is 12.7. The molecule has 0 aliphatic heterocycles. The lowest BCUT2D eigenvalue weighted by molar-refractivity contribution is -0.139. The van der Waals surface area contributed by atoms with E-state index in [9.17, 15) is 14.0 Å². The number of methoxy groups -OCH3 is 1. The van der Waals surface area contributed by atoms with Crippen LogP contribution < -0.4 is 10.1 Å². The molecule has 2 atom stereocenters. The van der Waals surface area contributed by atoms with Gasteiger partial charge < -0.3 is 15.0 Å².